The van der Waals surface area contributed by atoms with Crippen LogP contribution in [-0.2, 0) is 9.53 Å². The minimum atomic E-state index is 0.0648. The van der Waals surface area contributed by atoms with Crippen molar-refractivity contribution < 1.29 is 9.53 Å². The van der Waals surface area contributed by atoms with E-state index in [0.29, 0.717) is 18.3 Å². The number of hydrogen-bond acceptors (Lipinski definition) is 2. The quantitative estimate of drug-likeness (QED) is 0.635. The van der Waals surface area contributed by atoms with Gasteiger partial charge < -0.3 is 4.74 Å². The van der Waals surface area contributed by atoms with Crippen molar-refractivity contribution in [2.24, 2.45) is 17.8 Å². The fraction of sp³-hybridized carbons (Fsp3) is 0.900. The average molecular weight is 172 g/mol. The maximum Gasteiger partial charge on any atom is 0.141 e. The van der Waals surface area contributed by atoms with Gasteiger partial charge in [0.1, 0.15) is 5.78 Å². The van der Waals surface area contributed by atoms with E-state index in [1.165, 1.54) is 0 Å². The lowest BCUT2D eigenvalue weighted by molar-refractivity contribution is -0.129. The van der Waals surface area contributed by atoms with Crippen molar-refractivity contribution in [2.75, 3.05) is 13.7 Å². The highest BCUT2D eigenvalue weighted by molar-refractivity contribution is 5.83. The lowest BCUT2D eigenvalue weighted by Gasteiger charge is -2.20. The SMILES string of the molecule is COCC(C(=O)C(C)C)C(C)C. The van der Waals surface area contributed by atoms with Crippen LogP contribution >= 0.6 is 0 Å². The Morgan fingerprint density at radius 3 is 2.00 bits per heavy atom. The molecule has 0 rings (SSSR count). The molecule has 0 aromatic carbocycles. The van der Waals surface area contributed by atoms with Crippen LogP contribution in [0.3, 0.4) is 0 Å². The summed E-state index contributed by atoms with van der Waals surface area (Å²) in [6.07, 6.45) is 0. The van der Waals surface area contributed by atoms with Gasteiger partial charge in [-0.3, -0.25) is 4.79 Å². The summed E-state index contributed by atoms with van der Waals surface area (Å²) in [7, 11) is 1.64. The number of carbonyl (C=O) groups is 1. The summed E-state index contributed by atoms with van der Waals surface area (Å²) in [6, 6.07) is 0. The van der Waals surface area contributed by atoms with Crippen LogP contribution in [0.15, 0.2) is 0 Å². The largest absolute Gasteiger partial charge is 0.384 e. The number of carbonyl (C=O) groups excluding carboxylic acids is 1. The molecule has 0 aliphatic carbocycles. The third-order valence-corrected chi connectivity index (χ3v) is 2.09. The Kier molecular flexibility index (Phi) is 5.14. The molecule has 0 aliphatic rings. The fourth-order valence-electron chi connectivity index (χ4n) is 1.21. The number of hydrogen-bond donors (Lipinski definition) is 0. The highest BCUT2D eigenvalue weighted by atomic mass is 16.5. The van der Waals surface area contributed by atoms with Crippen LogP contribution in [0.4, 0.5) is 0 Å². The second kappa shape index (κ2) is 5.31. The van der Waals surface area contributed by atoms with Crippen LogP contribution in [0.1, 0.15) is 27.7 Å². The minimum Gasteiger partial charge on any atom is -0.384 e. The van der Waals surface area contributed by atoms with Crippen molar-refractivity contribution in [2.45, 2.75) is 27.7 Å². The standard InChI is InChI=1S/C10H20O2/c1-7(2)9(6-12-5)10(11)8(3)4/h7-9H,6H2,1-5H3. The van der Waals surface area contributed by atoms with E-state index >= 15 is 0 Å². The van der Waals surface area contributed by atoms with E-state index < -0.39 is 0 Å². The molecule has 0 saturated heterocycles. The molecule has 72 valence electrons. The van der Waals surface area contributed by atoms with Crippen molar-refractivity contribution in [3.63, 3.8) is 0 Å². The molecule has 1 atom stereocenters. The third kappa shape index (κ3) is 3.35. The molecule has 1 unspecified atom stereocenters. The van der Waals surface area contributed by atoms with Crippen LogP contribution in [0, 0.1) is 17.8 Å². The van der Waals surface area contributed by atoms with Gasteiger partial charge in [-0.05, 0) is 5.92 Å². The summed E-state index contributed by atoms with van der Waals surface area (Å²) in [4.78, 5) is 11.6. The smallest absolute Gasteiger partial charge is 0.141 e. The Morgan fingerprint density at radius 2 is 1.75 bits per heavy atom. The van der Waals surface area contributed by atoms with Crippen LogP contribution in [-0.4, -0.2) is 19.5 Å². The molecule has 0 saturated carbocycles. The lowest BCUT2D eigenvalue weighted by atomic mass is 9.87. The van der Waals surface area contributed by atoms with Gasteiger partial charge in [0.25, 0.3) is 0 Å². The van der Waals surface area contributed by atoms with Crippen molar-refractivity contribution in [3.05, 3.63) is 0 Å². The van der Waals surface area contributed by atoms with E-state index in [9.17, 15) is 4.79 Å². The predicted octanol–water partition coefficient (Wildman–Crippen LogP) is 2.13. The summed E-state index contributed by atoms with van der Waals surface area (Å²) in [5, 5.41) is 0. The molecule has 0 aliphatic heterocycles. The highest BCUT2D eigenvalue weighted by Crippen LogP contribution is 2.16. The van der Waals surface area contributed by atoms with Gasteiger partial charge >= 0.3 is 0 Å². The summed E-state index contributed by atoms with van der Waals surface area (Å²) in [6.45, 7) is 8.54. The first kappa shape index (κ1) is 11.6. The molecule has 0 aromatic rings. The molecule has 0 radical (unpaired) electrons. The Labute approximate surface area is 75.3 Å². The number of rotatable bonds is 5. The topological polar surface area (TPSA) is 26.3 Å². The number of ether oxygens (including phenoxy) is 1. The zero-order valence-corrected chi connectivity index (χ0v) is 8.76. The van der Waals surface area contributed by atoms with Crippen LogP contribution in [0.2, 0.25) is 0 Å². The van der Waals surface area contributed by atoms with Crippen LogP contribution in [0.5, 0.6) is 0 Å². The first-order valence-corrected chi connectivity index (χ1v) is 4.53. The second-order valence-electron chi connectivity index (χ2n) is 3.86. The van der Waals surface area contributed by atoms with Gasteiger partial charge in [0.05, 0.1) is 6.61 Å². The van der Waals surface area contributed by atoms with Gasteiger partial charge in [-0.15, -0.1) is 0 Å². The fourth-order valence-corrected chi connectivity index (χ4v) is 1.21. The van der Waals surface area contributed by atoms with E-state index in [1.54, 1.807) is 7.11 Å². The Bertz CT molecular complexity index is 139. The Hall–Kier alpha value is -0.370. The molecule has 0 heterocycles. The summed E-state index contributed by atoms with van der Waals surface area (Å²) in [5.41, 5.74) is 0. The van der Waals surface area contributed by atoms with Gasteiger partial charge in [0.15, 0.2) is 0 Å². The normalized spacial score (nSPS) is 13.9. The van der Waals surface area contributed by atoms with Crippen molar-refractivity contribution in [1.82, 2.24) is 0 Å². The van der Waals surface area contributed by atoms with Gasteiger partial charge in [0.2, 0.25) is 0 Å². The number of methoxy groups -OCH3 is 1. The molecule has 0 bridgehead atoms. The molecular formula is C10H20O2. The van der Waals surface area contributed by atoms with Crippen molar-refractivity contribution >= 4 is 5.78 Å². The molecule has 2 heteroatoms. The van der Waals surface area contributed by atoms with E-state index in [4.69, 9.17) is 4.74 Å². The molecule has 2 nitrogen and oxygen atoms in total. The zero-order chi connectivity index (χ0) is 9.72. The summed E-state index contributed by atoms with van der Waals surface area (Å²) in [5.74, 6) is 0.870. The van der Waals surface area contributed by atoms with Gasteiger partial charge in [-0.1, -0.05) is 27.7 Å². The lowest BCUT2D eigenvalue weighted by Crippen LogP contribution is -2.28. The van der Waals surface area contributed by atoms with Gasteiger partial charge in [0, 0.05) is 18.9 Å². The molecular weight excluding hydrogens is 152 g/mol. The molecule has 0 amide bonds. The van der Waals surface area contributed by atoms with E-state index in [0.717, 1.165) is 0 Å². The first-order chi connectivity index (χ1) is 5.50. The number of ketones is 1. The van der Waals surface area contributed by atoms with Crippen molar-refractivity contribution in [1.29, 1.82) is 0 Å². The average Bonchev–Trinajstić information content (AvgIpc) is 1.98. The van der Waals surface area contributed by atoms with Gasteiger partial charge in [-0.2, -0.15) is 0 Å². The van der Waals surface area contributed by atoms with Crippen molar-refractivity contribution in [3.8, 4) is 0 Å². The zero-order valence-electron chi connectivity index (χ0n) is 8.76. The third-order valence-electron chi connectivity index (χ3n) is 2.09. The predicted molar refractivity (Wildman–Crippen MR) is 50.0 cm³/mol. The van der Waals surface area contributed by atoms with E-state index in [2.05, 4.69) is 13.8 Å². The Balaban J connectivity index is 4.19. The minimum absolute atomic E-state index is 0.0648. The Morgan fingerprint density at radius 1 is 1.25 bits per heavy atom. The maximum atomic E-state index is 11.6. The number of Topliss-reactive ketones (excluding diaryl/α,β-unsaturated/α-hetero) is 1. The summed E-state index contributed by atoms with van der Waals surface area (Å²) < 4.78 is 5.02. The highest BCUT2D eigenvalue weighted by Gasteiger charge is 2.23. The monoisotopic (exact) mass is 172 g/mol. The van der Waals surface area contributed by atoms with Crippen LogP contribution in [0.25, 0.3) is 0 Å². The van der Waals surface area contributed by atoms with Gasteiger partial charge in [-0.25, -0.2) is 0 Å². The molecule has 0 N–H and O–H groups in total. The molecule has 12 heavy (non-hydrogen) atoms. The van der Waals surface area contributed by atoms with Crippen LogP contribution < -0.4 is 0 Å². The first-order valence-electron chi connectivity index (χ1n) is 4.53. The maximum absolute atomic E-state index is 11.6. The molecule has 0 spiro atoms. The second-order valence-corrected chi connectivity index (χ2v) is 3.86. The molecule has 0 aromatic heterocycles. The molecule has 0 fully saturated rings. The van der Waals surface area contributed by atoms with E-state index in [1.807, 2.05) is 13.8 Å². The summed E-state index contributed by atoms with van der Waals surface area (Å²) >= 11 is 0. The van der Waals surface area contributed by atoms with E-state index in [-0.39, 0.29) is 11.8 Å².